The van der Waals surface area contributed by atoms with Crippen LogP contribution in [-0.2, 0) is 6.42 Å². The number of aromatic amines is 1. The van der Waals surface area contributed by atoms with Crippen molar-refractivity contribution in [2.24, 2.45) is 0 Å². The Hall–Kier alpha value is -2.78. The Kier molecular flexibility index (Phi) is 3.94. The maximum Gasteiger partial charge on any atom is 0.240 e. The van der Waals surface area contributed by atoms with Crippen LogP contribution in [0.1, 0.15) is 35.8 Å². The van der Waals surface area contributed by atoms with E-state index in [0.717, 1.165) is 41.4 Å². The summed E-state index contributed by atoms with van der Waals surface area (Å²) < 4.78 is 11.4. The van der Waals surface area contributed by atoms with E-state index in [0.29, 0.717) is 17.2 Å². The smallest absolute Gasteiger partial charge is 0.240 e. The van der Waals surface area contributed by atoms with Gasteiger partial charge < -0.3 is 9.47 Å². The highest BCUT2D eigenvalue weighted by molar-refractivity contribution is 6.30. The predicted molar refractivity (Wildman–Crippen MR) is 92.9 cm³/mol. The summed E-state index contributed by atoms with van der Waals surface area (Å²) in [6, 6.07) is 9.60. The highest BCUT2D eigenvalue weighted by Crippen LogP contribution is 2.35. The van der Waals surface area contributed by atoms with Crippen molar-refractivity contribution in [1.29, 1.82) is 5.26 Å². The molecule has 0 unspecified atom stereocenters. The van der Waals surface area contributed by atoms with Crippen molar-refractivity contribution < 1.29 is 9.47 Å². The molecule has 0 spiro atoms. The Labute approximate surface area is 149 Å². The Balaban J connectivity index is 1.68. The number of nitriles is 1. The van der Waals surface area contributed by atoms with Crippen molar-refractivity contribution in [3.63, 3.8) is 0 Å². The van der Waals surface area contributed by atoms with E-state index in [2.05, 4.69) is 21.3 Å². The van der Waals surface area contributed by atoms with Crippen LogP contribution in [0.25, 0.3) is 10.9 Å². The molecule has 7 heteroatoms. The third-order valence-electron chi connectivity index (χ3n) is 4.40. The molecule has 0 fully saturated rings. The number of methoxy groups -OCH3 is 1. The summed E-state index contributed by atoms with van der Waals surface area (Å²) in [6.07, 6.45) is 2.51. The lowest BCUT2D eigenvalue weighted by Gasteiger charge is -2.25. The van der Waals surface area contributed by atoms with Crippen LogP contribution in [0.3, 0.4) is 0 Å². The first-order chi connectivity index (χ1) is 12.2. The molecule has 0 saturated carbocycles. The number of benzene rings is 1. The Morgan fingerprint density at radius 3 is 3.04 bits per heavy atom. The first-order valence-corrected chi connectivity index (χ1v) is 8.35. The topological polar surface area (TPSA) is 83.8 Å². The first kappa shape index (κ1) is 15.7. The summed E-state index contributed by atoms with van der Waals surface area (Å²) in [5, 5.41) is 17.2. The lowest BCUT2D eigenvalue weighted by Crippen LogP contribution is -2.17. The Morgan fingerprint density at radius 1 is 1.36 bits per heavy atom. The molecule has 1 aromatic carbocycles. The van der Waals surface area contributed by atoms with E-state index >= 15 is 0 Å². The van der Waals surface area contributed by atoms with E-state index < -0.39 is 0 Å². The van der Waals surface area contributed by atoms with Crippen LogP contribution in [0.2, 0.25) is 5.15 Å². The maximum absolute atomic E-state index is 9.12. The number of rotatable bonds is 3. The highest BCUT2D eigenvalue weighted by Gasteiger charge is 2.25. The van der Waals surface area contributed by atoms with E-state index in [9.17, 15) is 0 Å². The molecule has 4 rings (SSSR count). The summed E-state index contributed by atoms with van der Waals surface area (Å²) in [6.45, 7) is 0. The van der Waals surface area contributed by atoms with Gasteiger partial charge in [-0.1, -0.05) is 11.6 Å². The molecule has 25 heavy (non-hydrogen) atoms. The van der Waals surface area contributed by atoms with Crippen molar-refractivity contribution in [2.75, 3.05) is 7.11 Å². The molecule has 2 heterocycles. The summed E-state index contributed by atoms with van der Waals surface area (Å²) in [7, 11) is 1.58. The number of ether oxygens (including phenoxy) is 2. The van der Waals surface area contributed by atoms with Crippen molar-refractivity contribution in [1.82, 2.24) is 15.2 Å². The normalized spacial score (nSPS) is 16.3. The molecule has 3 aromatic rings. The predicted octanol–water partition coefficient (Wildman–Crippen LogP) is 3.95. The zero-order valence-electron chi connectivity index (χ0n) is 13.5. The van der Waals surface area contributed by atoms with Crippen molar-refractivity contribution in [2.45, 2.75) is 25.4 Å². The molecule has 6 nitrogen and oxygen atoms in total. The van der Waals surface area contributed by atoms with Gasteiger partial charge in [0.25, 0.3) is 0 Å². The quantitative estimate of drug-likeness (QED) is 0.720. The number of halogens is 1. The van der Waals surface area contributed by atoms with Gasteiger partial charge in [-0.05, 0) is 49.1 Å². The molecule has 0 bridgehead atoms. The van der Waals surface area contributed by atoms with Crippen molar-refractivity contribution in [3.05, 3.63) is 46.2 Å². The standard InChI is InChI=1S/C18H15ClN4O2/c1-24-18-13-8-12(5-6-14(13)22-23-18)25-15-4-2-3-10-7-11(9-20)17(19)21-16(10)15/h5-8,15H,2-4H2,1H3,(H,22,23)/t15-/m1/s1. The molecule has 0 saturated heterocycles. The maximum atomic E-state index is 9.12. The number of pyridine rings is 1. The number of H-pyrrole nitrogens is 1. The zero-order chi connectivity index (χ0) is 17.4. The van der Waals surface area contributed by atoms with Gasteiger partial charge in [0.05, 0.1) is 29.3 Å². The minimum Gasteiger partial charge on any atom is -0.484 e. The summed E-state index contributed by atoms with van der Waals surface area (Å²) >= 11 is 6.11. The Bertz CT molecular complexity index is 993. The Morgan fingerprint density at radius 2 is 2.24 bits per heavy atom. The third-order valence-corrected chi connectivity index (χ3v) is 4.69. The van der Waals surface area contributed by atoms with Crippen LogP contribution in [0.5, 0.6) is 11.6 Å². The minimum absolute atomic E-state index is 0.190. The lowest BCUT2D eigenvalue weighted by molar-refractivity contribution is 0.178. The summed E-state index contributed by atoms with van der Waals surface area (Å²) in [4.78, 5) is 4.42. The molecule has 2 aromatic heterocycles. The van der Waals surface area contributed by atoms with Gasteiger partial charge in [0.2, 0.25) is 5.88 Å². The van der Waals surface area contributed by atoms with Crippen LogP contribution in [0.15, 0.2) is 24.3 Å². The molecular formula is C18H15ClN4O2. The van der Waals surface area contributed by atoms with Crippen LogP contribution in [0.4, 0.5) is 0 Å². The average Bonchev–Trinajstić information content (AvgIpc) is 3.04. The number of aryl methyl sites for hydroxylation is 1. The summed E-state index contributed by atoms with van der Waals surface area (Å²) in [5.74, 6) is 1.25. The second kappa shape index (κ2) is 6.26. The van der Waals surface area contributed by atoms with E-state index in [-0.39, 0.29) is 11.3 Å². The lowest BCUT2D eigenvalue weighted by atomic mass is 9.92. The second-order valence-corrected chi connectivity index (χ2v) is 6.28. The molecular weight excluding hydrogens is 340 g/mol. The molecule has 1 atom stereocenters. The third kappa shape index (κ3) is 2.77. The SMILES string of the molecule is COc1n[nH]c2ccc(O[C@@H]3CCCc4cc(C#N)c(Cl)nc43)cc12. The van der Waals surface area contributed by atoms with E-state index in [1.807, 2.05) is 24.3 Å². The number of fused-ring (bicyclic) bond motifs is 2. The van der Waals surface area contributed by atoms with Gasteiger partial charge >= 0.3 is 0 Å². The fraction of sp³-hybridized carbons (Fsp3) is 0.278. The molecule has 1 aliphatic carbocycles. The monoisotopic (exact) mass is 354 g/mol. The van der Waals surface area contributed by atoms with Crippen LogP contribution < -0.4 is 9.47 Å². The van der Waals surface area contributed by atoms with E-state index in [4.69, 9.17) is 26.3 Å². The fourth-order valence-corrected chi connectivity index (χ4v) is 3.38. The molecule has 126 valence electrons. The molecule has 1 N–H and O–H groups in total. The number of nitrogens with zero attached hydrogens (tertiary/aromatic N) is 3. The van der Waals surface area contributed by atoms with Crippen LogP contribution in [-0.4, -0.2) is 22.3 Å². The minimum atomic E-state index is -0.190. The van der Waals surface area contributed by atoms with E-state index in [1.54, 1.807) is 7.11 Å². The molecule has 0 aliphatic heterocycles. The van der Waals surface area contributed by atoms with Gasteiger partial charge in [-0.3, -0.25) is 5.10 Å². The van der Waals surface area contributed by atoms with Gasteiger partial charge in [-0.25, -0.2) is 4.98 Å². The van der Waals surface area contributed by atoms with Crippen molar-refractivity contribution >= 4 is 22.5 Å². The van der Waals surface area contributed by atoms with Crippen LogP contribution >= 0.6 is 11.6 Å². The fourth-order valence-electron chi connectivity index (χ4n) is 3.19. The second-order valence-electron chi connectivity index (χ2n) is 5.92. The number of nitrogens with one attached hydrogen (secondary N) is 1. The van der Waals surface area contributed by atoms with Gasteiger partial charge in [0.15, 0.2) is 0 Å². The molecule has 0 amide bonds. The average molecular weight is 355 g/mol. The van der Waals surface area contributed by atoms with Gasteiger partial charge in [-0.2, -0.15) is 5.26 Å². The number of hydrogen-bond acceptors (Lipinski definition) is 5. The van der Waals surface area contributed by atoms with Crippen LogP contribution in [0, 0.1) is 11.3 Å². The van der Waals surface area contributed by atoms with Crippen molar-refractivity contribution in [3.8, 4) is 17.7 Å². The first-order valence-electron chi connectivity index (χ1n) is 7.98. The van der Waals surface area contributed by atoms with Gasteiger partial charge in [0.1, 0.15) is 23.1 Å². The van der Waals surface area contributed by atoms with Gasteiger partial charge in [-0.15, -0.1) is 5.10 Å². The number of hydrogen-bond donors (Lipinski definition) is 1. The highest BCUT2D eigenvalue weighted by atomic mass is 35.5. The van der Waals surface area contributed by atoms with Gasteiger partial charge in [0, 0.05) is 0 Å². The zero-order valence-corrected chi connectivity index (χ0v) is 14.3. The molecule has 0 radical (unpaired) electrons. The summed E-state index contributed by atoms with van der Waals surface area (Å²) in [5.41, 5.74) is 3.13. The number of aromatic nitrogens is 3. The molecule has 1 aliphatic rings. The van der Waals surface area contributed by atoms with E-state index in [1.165, 1.54) is 0 Å². The largest absolute Gasteiger partial charge is 0.484 e.